The van der Waals surface area contributed by atoms with E-state index in [1.54, 1.807) is 0 Å². The Morgan fingerprint density at radius 1 is 1.09 bits per heavy atom. The largest absolute Gasteiger partial charge is 0.304 e. The third-order valence-electron chi connectivity index (χ3n) is 1.90. The molecular formula is C8H17Cl2N. The number of rotatable bonds is 1. The molecular weight excluding hydrogens is 181 g/mol. The van der Waals surface area contributed by atoms with E-state index < -0.39 is 0 Å². The number of hydrogen-bond acceptors (Lipinski definition) is 1. The number of piperidine rings is 1. The van der Waals surface area contributed by atoms with Crippen LogP contribution in [0.1, 0.15) is 26.2 Å². The lowest BCUT2D eigenvalue weighted by molar-refractivity contribution is 0.240. The van der Waals surface area contributed by atoms with Crippen LogP contribution in [-0.2, 0) is 0 Å². The van der Waals surface area contributed by atoms with Gasteiger partial charge >= 0.3 is 0 Å². The molecule has 0 aliphatic carbocycles. The van der Waals surface area contributed by atoms with Crippen molar-refractivity contribution in [1.29, 1.82) is 0 Å². The summed E-state index contributed by atoms with van der Waals surface area (Å²) in [7, 11) is 0. The lowest BCUT2D eigenvalue weighted by Gasteiger charge is -2.24. The van der Waals surface area contributed by atoms with Gasteiger partial charge in [-0.3, -0.25) is 0 Å². The normalized spacial score (nSPS) is 18.8. The number of alkyl halides is 2. The predicted octanol–water partition coefficient (Wildman–Crippen LogP) is 2.91. The maximum absolute atomic E-state index is 4.76. The van der Waals surface area contributed by atoms with Crippen LogP contribution in [0.3, 0.4) is 0 Å². The van der Waals surface area contributed by atoms with Crippen LogP contribution in [0.15, 0.2) is 0 Å². The Morgan fingerprint density at radius 2 is 1.55 bits per heavy atom. The summed E-state index contributed by atoms with van der Waals surface area (Å²) in [6.07, 6.45) is 4.30. The van der Waals surface area contributed by atoms with Crippen molar-refractivity contribution in [2.75, 3.05) is 25.0 Å². The first-order chi connectivity index (χ1) is 5.35. The van der Waals surface area contributed by atoms with Gasteiger partial charge in [-0.2, -0.15) is 0 Å². The molecule has 0 N–H and O–H groups in total. The molecule has 0 radical (unpaired) electrons. The van der Waals surface area contributed by atoms with Crippen molar-refractivity contribution in [2.24, 2.45) is 0 Å². The molecule has 0 unspecified atom stereocenters. The van der Waals surface area contributed by atoms with Gasteiger partial charge < -0.3 is 4.90 Å². The summed E-state index contributed by atoms with van der Waals surface area (Å²) in [4.78, 5) is 2.52. The van der Waals surface area contributed by atoms with Crippen LogP contribution in [-0.4, -0.2) is 29.9 Å². The van der Waals surface area contributed by atoms with Gasteiger partial charge in [-0.1, -0.05) is 13.3 Å². The zero-order valence-electron chi connectivity index (χ0n) is 7.15. The summed E-state index contributed by atoms with van der Waals surface area (Å²) in [6, 6.07) is 0. The summed E-state index contributed by atoms with van der Waals surface area (Å²) in [5.41, 5.74) is 0. The quantitative estimate of drug-likeness (QED) is 0.585. The molecule has 11 heavy (non-hydrogen) atoms. The minimum Gasteiger partial charge on any atom is -0.304 e. The highest BCUT2D eigenvalue weighted by Crippen LogP contribution is 2.06. The van der Waals surface area contributed by atoms with Crippen LogP contribution in [0.2, 0.25) is 0 Å². The van der Waals surface area contributed by atoms with Gasteiger partial charge in [0.25, 0.3) is 0 Å². The van der Waals surface area contributed by atoms with Gasteiger partial charge in [-0.15, -0.1) is 23.2 Å². The van der Waals surface area contributed by atoms with Gasteiger partial charge in [0.15, 0.2) is 0 Å². The van der Waals surface area contributed by atoms with Crippen LogP contribution >= 0.6 is 23.2 Å². The van der Waals surface area contributed by atoms with Crippen molar-refractivity contribution >= 4 is 23.2 Å². The second kappa shape index (κ2) is 8.63. The minimum atomic E-state index is 0.194. The molecule has 0 amide bonds. The van der Waals surface area contributed by atoms with E-state index in [4.69, 9.17) is 23.2 Å². The van der Waals surface area contributed by atoms with Gasteiger partial charge in [0, 0.05) is 0 Å². The molecule has 1 aliphatic heterocycles. The van der Waals surface area contributed by atoms with E-state index >= 15 is 0 Å². The van der Waals surface area contributed by atoms with Crippen LogP contribution < -0.4 is 0 Å². The summed E-state index contributed by atoms with van der Waals surface area (Å²) < 4.78 is 0. The van der Waals surface area contributed by atoms with Crippen LogP contribution in [0.4, 0.5) is 0 Å². The van der Waals surface area contributed by atoms with Gasteiger partial charge in [-0.25, -0.2) is 0 Å². The molecule has 0 aromatic heterocycles. The van der Waals surface area contributed by atoms with Crippen molar-refractivity contribution in [3.63, 3.8) is 0 Å². The minimum absolute atomic E-state index is 0.194. The fourth-order valence-electron chi connectivity index (χ4n) is 1.28. The molecule has 1 aliphatic rings. The predicted molar refractivity (Wildman–Crippen MR) is 52.5 cm³/mol. The maximum atomic E-state index is 4.76. The summed E-state index contributed by atoms with van der Waals surface area (Å²) in [5.74, 6) is 0. The standard InChI is InChI=1S/C7H15N.CH2Cl2/c1-2-8-6-4-3-5-7-8;2-1-3/h2-7H2,1H3;1H2. The zero-order valence-corrected chi connectivity index (χ0v) is 8.66. The van der Waals surface area contributed by atoms with Crippen LogP contribution in [0, 0.1) is 0 Å². The third kappa shape index (κ3) is 6.92. The fraction of sp³-hybridized carbons (Fsp3) is 1.00. The average molecular weight is 198 g/mol. The van der Waals surface area contributed by atoms with E-state index in [-0.39, 0.29) is 5.34 Å². The first-order valence-electron chi connectivity index (χ1n) is 4.19. The molecule has 1 saturated heterocycles. The Balaban J connectivity index is 0.000000292. The molecule has 1 fully saturated rings. The zero-order chi connectivity index (χ0) is 8.53. The fourth-order valence-corrected chi connectivity index (χ4v) is 1.28. The second-order valence-corrected chi connectivity index (χ2v) is 3.40. The highest BCUT2D eigenvalue weighted by atomic mass is 35.5. The van der Waals surface area contributed by atoms with Crippen molar-refractivity contribution in [2.45, 2.75) is 26.2 Å². The molecule has 0 aromatic rings. The Labute approximate surface area is 79.7 Å². The van der Waals surface area contributed by atoms with E-state index in [9.17, 15) is 0 Å². The van der Waals surface area contributed by atoms with E-state index in [1.165, 1.54) is 38.9 Å². The molecule has 0 saturated carbocycles. The first-order valence-corrected chi connectivity index (χ1v) is 5.26. The highest BCUT2D eigenvalue weighted by molar-refractivity contribution is 6.40. The van der Waals surface area contributed by atoms with Crippen LogP contribution in [0.5, 0.6) is 0 Å². The third-order valence-corrected chi connectivity index (χ3v) is 1.90. The van der Waals surface area contributed by atoms with E-state index in [2.05, 4.69) is 11.8 Å². The van der Waals surface area contributed by atoms with E-state index in [0.29, 0.717) is 0 Å². The lowest BCUT2D eigenvalue weighted by Crippen LogP contribution is -2.29. The summed E-state index contributed by atoms with van der Waals surface area (Å²) in [5, 5.41) is 0.194. The molecule has 0 atom stereocenters. The molecule has 0 aromatic carbocycles. The van der Waals surface area contributed by atoms with Gasteiger partial charge in [0.05, 0.1) is 5.34 Å². The molecule has 68 valence electrons. The highest BCUT2D eigenvalue weighted by Gasteiger charge is 2.05. The smallest absolute Gasteiger partial charge is 0.0967 e. The summed E-state index contributed by atoms with van der Waals surface area (Å²) >= 11 is 9.53. The Hall–Kier alpha value is 0.540. The molecule has 1 heterocycles. The maximum Gasteiger partial charge on any atom is 0.0967 e. The second-order valence-electron chi connectivity index (χ2n) is 2.60. The van der Waals surface area contributed by atoms with Crippen molar-refractivity contribution in [3.8, 4) is 0 Å². The Bertz CT molecular complexity index is 72.5. The summed E-state index contributed by atoms with van der Waals surface area (Å²) in [6.45, 7) is 6.18. The average Bonchev–Trinajstić information content (AvgIpc) is 2.08. The number of nitrogens with zero attached hydrogens (tertiary/aromatic N) is 1. The number of likely N-dealkylation sites (tertiary alicyclic amines) is 1. The van der Waals surface area contributed by atoms with E-state index in [0.717, 1.165) is 0 Å². The molecule has 1 nitrogen and oxygen atoms in total. The lowest BCUT2D eigenvalue weighted by atomic mass is 10.1. The van der Waals surface area contributed by atoms with Crippen molar-refractivity contribution < 1.29 is 0 Å². The van der Waals surface area contributed by atoms with Crippen molar-refractivity contribution in [1.82, 2.24) is 4.90 Å². The molecule has 1 rings (SSSR count). The van der Waals surface area contributed by atoms with Gasteiger partial charge in [0.1, 0.15) is 0 Å². The van der Waals surface area contributed by atoms with Crippen LogP contribution in [0.25, 0.3) is 0 Å². The van der Waals surface area contributed by atoms with E-state index in [1.807, 2.05) is 0 Å². The number of halogens is 2. The van der Waals surface area contributed by atoms with Gasteiger partial charge in [-0.05, 0) is 32.5 Å². The molecule has 0 bridgehead atoms. The SMILES string of the molecule is CCN1CCCCC1.ClCCl. The Kier molecular flexibility index (Phi) is 9.06. The molecule has 3 heteroatoms. The topological polar surface area (TPSA) is 3.24 Å². The first kappa shape index (κ1) is 11.5. The Morgan fingerprint density at radius 3 is 1.82 bits per heavy atom. The monoisotopic (exact) mass is 197 g/mol. The van der Waals surface area contributed by atoms with Gasteiger partial charge in [0.2, 0.25) is 0 Å². The number of hydrogen-bond donors (Lipinski definition) is 0. The van der Waals surface area contributed by atoms with Crippen molar-refractivity contribution in [3.05, 3.63) is 0 Å². The molecule has 0 spiro atoms.